The number of amides is 1. The zero-order valence-corrected chi connectivity index (χ0v) is 11.3. The Balaban J connectivity index is 2.09. The smallest absolute Gasteiger partial charge is 0.272 e. The molecule has 0 spiro atoms. The Morgan fingerprint density at radius 1 is 1.53 bits per heavy atom. The van der Waals surface area contributed by atoms with Gasteiger partial charge in [0.15, 0.2) is 0 Å². The van der Waals surface area contributed by atoms with Crippen molar-refractivity contribution in [2.75, 3.05) is 19.4 Å². The average Bonchev–Trinajstić information content (AvgIpc) is 2.83. The maximum Gasteiger partial charge on any atom is 0.272 e. The lowest BCUT2D eigenvalue weighted by molar-refractivity contribution is 0.0779. The van der Waals surface area contributed by atoms with Gasteiger partial charge in [-0.1, -0.05) is 0 Å². The lowest BCUT2D eigenvalue weighted by Gasteiger charge is -2.16. The van der Waals surface area contributed by atoms with Crippen molar-refractivity contribution in [3.63, 3.8) is 0 Å². The molecule has 1 amide bonds. The summed E-state index contributed by atoms with van der Waals surface area (Å²) in [7, 11) is 5.41. The molecule has 6 heteroatoms. The van der Waals surface area contributed by atoms with Gasteiger partial charge in [-0.05, 0) is 12.1 Å². The molecule has 0 radical (unpaired) electrons. The summed E-state index contributed by atoms with van der Waals surface area (Å²) in [5, 5.41) is 7.07. The Kier molecular flexibility index (Phi) is 3.79. The summed E-state index contributed by atoms with van der Waals surface area (Å²) in [5.74, 6) is -0.110. The number of carbonyl (C=O) groups excluding carboxylic acids is 1. The van der Waals surface area contributed by atoms with E-state index in [0.717, 1.165) is 11.3 Å². The summed E-state index contributed by atoms with van der Waals surface area (Å²) in [6, 6.07) is 3.56. The second-order valence-electron chi connectivity index (χ2n) is 4.36. The van der Waals surface area contributed by atoms with Crippen molar-refractivity contribution in [2.24, 2.45) is 7.05 Å². The standard InChI is InChI=1S/C13H17N5O/c1-14-11-4-5-15-12(6-11)13(19)17(2)8-10-7-16-18(3)9-10/h4-7,9H,8H2,1-3H3,(H,14,15). The Morgan fingerprint density at radius 3 is 2.95 bits per heavy atom. The molecule has 2 rings (SSSR count). The summed E-state index contributed by atoms with van der Waals surface area (Å²) < 4.78 is 1.72. The van der Waals surface area contributed by atoms with Crippen LogP contribution in [0, 0.1) is 0 Å². The number of rotatable bonds is 4. The quantitative estimate of drug-likeness (QED) is 0.894. The van der Waals surface area contributed by atoms with Gasteiger partial charge in [-0.3, -0.25) is 14.5 Å². The highest BCUT2D eigenvalue weighted by atomic mass is 16.2. The Hall–Kier alpha value is -2.37. The van der Waals surface area contributed by atoms with E-state index in [1.165, 1.54) is 0 Å². The minimum Gasteiger partial charge on any atom is -0.388 e. The van der Waals surface area contributed by atoms with E-state index in [9.17, 15) is 4.79 Å². The summed E-state index contributed by atoms with van der Waals surface area (Å²) in [4.78, 5) is 18.0. The topological polar surface area (TPSA) is 63.1 Å². The fraction of sp³-hybridized carbons (Fsp3) is 0.308. The van der Waals surface area contributed by atoms with Crippen LogP contribution in [0.25, 0.3) is 0 Å². The first-order valence-corrected chi connectivity index (χ1v) is 5.97. The predicted octanol–water partition coefficient (Wildman–Crippen LogP) is 1.13. The van der Waals surface area contributed by atoms with Gasteiger partial charge in [0, 0.05) is 51.3 Å². The zero-order valence-electron chi connectivity index (χ0n) is 11.3. The van der Waals surface area contributed by atoms with Gasteiger partial charge in [-0.15, -0.1) is 0 Å². The lowest BCUT2D eigenvalue weighted by Crippen LogP contribution is -2.26. The number of nitrogens with zero attached hydrogens (tertiary/aromatic N) is 4. The van der Waals surface area contributed by atoms with Gasteiger partial charge in [0.05, 0.1) is 6.20 Å². The molecule has 2 aromatic rings. The molecular weight excluding hydrogens is 242 g/mol. The summed E-state index contributed by atoms with van der Waals surface area (Å²) in [6.07, 6.45) is 5.26. The van der Waals surface area contributed by atoms with E-state index < -0.39 is 0 Å². The van der Waals surface area contributed by atoms with Crippen LogP contribution in [-0.2, 0) is 13.6 Å². The van der Waals surface area contributed by atoms with E-state index >= 15 is 0 Å². The molecule has 6 nitrogen and oxygen atoms in total. The minimum atomic E-state index is -0.110. The van der Waals surface area contributed by atoms with E-state index in [1.807, 2.05) is 26.4 Å². The second-order valence-corrected chi connectivity index (χ2v) is 4.36. The van der Waals surface area contributed by atoms with E-state index in [-0.39, 0.29) is 5.91 Å². The van der Waals surface area contributed by atoms with Crippen LogP contribution in [0.2, 0.25) is 0 Å². The largest absolute Gasteiger partial charge is 0.388 e. The Bertz CT molecular complexity index is 578. The summed E-state index contributed by atoms with van der Waals surface area (Å²) in [6.45, 7) is 0.512. The predicted molar refractivity (Wildman–Crippen MR) is 72.8 cm³/mol. The van der Waals surface area contributed by atoms with E-state index in [2.05, 4.69) is 15.4 Å². The normalized spacial score (nSPS) is 10.3. The molecule has 0 saturated heterocycles. The molecule has 0 aliphatic heterocycles. The molecule has 0 aliphatic carbocycles. The summed E-state index contributed by atoms with van der Waals surface area (Å²) in [5.41, 5.74) is 2.29. The highest BCUT2D eigenvalue weighted by Gasteiger charge is 2.14. The van der Waals surface area contributed by atoms with Crippen molar-refractivity contribution in [3.05, 3.63) is 42.0 Å². The van der Waals surface area contributed by atoms with E-state index in [1.54, 1.807) is 35.1 Å². The molecule has 0 unspecified atom stereocenters. The second kappa shape index (κ2) is 5.51. The molecule has 0 aromatic carbocycles. The van der Waals surface area contributed by atoms with Gasteiger partial charge in [-0.2, -0.15) is 5.10 Å². The first kappa shape index (κ1) is 13.1. The van der Waals surface area contributed by atoms with Gasteiger partial charge in [0.2, 0.25) is 0 Å². The third-order valence-electron chi connectivity index (χ3n) is 2.79. The van der Waals surface area contributed by atoms with Gasteiger partial charge in [0.1, 0.15) is 5.69 Å². The van der Waals surface area contributed by atoms with Crippen molar-refractivity contribution in [2.45, 2.75) is 6.54 Å². The molecule has 0 fully saturated rings. The van der Waals surface area contributed by atoms with Crippen LogP contribution in [0.5, 0.6) is 0 Å². The fourth-order valence-corrected chi connectivity index (χ4v) is 1.80. The minimum absolute atomic E-state index is 0.110. The van der Waals surface area contributed by atoms with Crippen LogP contribution in [0.4, 0.5) is 5.69 Å². The maximum atomic E-state index is 12.2. The monoisotopic (exact) mass is 259 g/mol. The molecule has 1 N–H and O–H groups in total. The van der Waals surface area contributed by atoms with Gasteiger partial charge in [-0.25, -0.2) is 0 Å². The van der Waals surface area contributed by atoms with Crippen LogP contribution in [0.3, 0.4) is 0 Å². The van der Waals surface area contributed by atoms with Crippen molar-refractivity contribution < 1.29 is 4.79 Å². The summed E-state index contributed by atoms with van der Waals surface area (Å²) >= 11 is 0. The third-order valence-corrected chi connectivity index (χ3v) is 2.79. The van der Waals surface area contributed by atoms with Crippen LogP contribution < -0.4 is 5.32 Å². The lowest BCUT2D eigenvalue weighted by atomic mass is 10.2. The van der Waals surface area contributed by atoms with Gasteiger partial charge >= 0.3 is 0 Å². The number of hydrogen-bond acceptors (Lipinski definition) is 4. The Morgan fingerprint density at radius 2 is 2.32 bits per heavy atom. The fourth-order valence-electron chi connectivity index (χ4n) is 1.80. The van der Waals surface area contributed by atoms with Crippen LogP contribution in [0.15, 0.2) is 30.7 Å². The van der Waals surface area contributed by atoms with Gasteiger partial charge in [0.25, 0.3) is 5.91 Å². The molecule has 2 heterocycles. The first-order valence-electron chi connectivity index (χ1n) is 5.97. The molecular formula is C13H17N5O. The van der Waals surface area contributed by atoms with Crippen LogP contribution in [0.1, 0.15) is 16.1 Å². The van der Waals surface area contributed by atoms with Crippen LogP contribution in [-0.4, -0.2) is 39.7 Å². The average molecular weight is 259 g/mol. The number of aromatic nitrogens is 3. The molecule has 2 aromatic heterocycles. The number of pyridine rings is 1. The highest BCUT2D eigenvalue weighted by molar-refractivity contribution is 5.92. The SMILES string of the molecule is CNc1ccnc(C(=O)N(C)Cc2cnn(C)c2)c1. The van der Waals surface area contributed by atoms with Crippen molar-refractivity contribution in [3.8, 4) is 0 Å². The zero-order chi connectivity index (χ0) is 13.8. The van der Waals surface area contributed by atoms with Crippen molar-refractivity contribution in [1.82, 2.24) is 19.7 Å². The third kappa shape index (κ3) is 3.09. The number of carbonyl (C=O) groups is 1. The van der Waals surface area contributed by atoms with Crippen molar-refractivity contribution >= 4 is 11.6 Å². The van der Waals surface area contributed by atoms with E-state index in [0.29, 0.717) is 12.2 Å². The molecule has 0 aliphatic rings. The molecule has 0 saturated carbocycles. The molecule has 19 heavy (non-hydrogen) atoms. The molecule has 0 atom stereocenters. The number of aryl methyl sites for hydroxylation is 1. The molecule has 100 valence electrons. The number of nitrogens with one attached hydrogen (secondary N) is 1. The number of anilines is 1. The first-order chi connectivity index (χ1) is 9.10. The maximum absolute atomic E-state index is 12.2. The van der Waals surface area contributed by atoms with Crippen molar-refractivity contribution in [1.29, 1.82) is 0 Å². The number of hydrogen-bond donors (Lipinski definition) is 1. The van der Waals surface area contributed by atoms with E-state index in [4.69, 9.17) is 0 Å². The molecule has 0 bridgehead atoms. The Labute approximate surface area is 112 Å². The van der Waals surface area contributed by atoms with Gasteiger partial charge < -0.3 is 10.2 Å². The highest BCUT2D eigenvalue weighted by Crippen LogP contribution is 2.10. The van der Waals surface area contributed by atoms with Crippen LogP contribution >= 0.6 is 0 Å².